The van der Waals surface area contributed by atoms with E-state index in [2.05, 4.69) is 5.32 Å². The molecule has 2 heterocycles. The maximum Gasteiger partial charge on any atom is 0.261 e. The topological polar surface area (TPSA) is 89.3 Å². The number of nitrogens with one attached hydrogen (secondary N) is 1. The van der Waals surface area contributed by atoms with Gasteiger partial charge in [-0.2, -0.15) is 0 Å². The van der Waals surface area contributed by atoms with Crippen LogP contribution in [0.25, 0.3) is 0 Å². The third kappa shape index (κ3) is 4.00. The summed E-state index contributed by atoms with van der Waals surface area (Å²) in [4.78, 5) is 15.1. The van der Waals surface area contributed by atoms with Crippen molar-refractivity contribution in [1.29, 1.82) is 0 Å². The normalized spacial score (nSPS) is 15.0. The maximum absolute atomic E-state index is 12.3. The predicted molar refractivity (Wildman–Crippen MR) is 92.4 cm³/mol. The number of hydrogen-bond donors (Lipinski definition) is 2. The summed E-state index contributed by atoms with van der Waals surface area (Å²) in [7, 11) is -3.67. The van der Waals surface area contributed by atoms with Crippen LogP contribution in [0.15, 0.2) is 22.4 Å². The molecule has 1 aliphatic carbocycles. The molecule has 0 bridgehead atoms. The lowest BCUT2D eigenvalue weighted by Crippen LogP contribution is -2.21. The molecule has 8 heteroatoms. The second-order valence-electron chi connectivity index (χ2n) is 5.57. The second kappa shape index (κ2) is 6.72. The van der Waals surface area contributed by atoms with Crippen molar-refractivity contribution >= 4 is 38.6 Å². The minimum Gasteiger partial charge on any atom is -0.346 e. The Morgan fingerprint density at radius 1 is 1.17 bits per heavy atom. The van der Waals surface area contributed by atoms with Gasteiger partial charge in [0.15, 0.2) is 0 Å². The third-order valence-electron chi connectivity index (χ3n) is 3.81. The number of sulfonamides is 1. The summed E-state index contributed by atoms with van der Waals surface area (Å²) in [6, 6.07) is 5.15. The van der Waals surface area contributed by atoms with Gasteiger partial charge in [-0.05, 0) is 49.4 Å². The maximum atomic E-state index is 12.3. The Labute approximate surface area is 143 Å². The minimum absolute atomic E-state index is 0.103. The van der Waals surface area contributed by atoms with Gasteiger partial charge in [0.25, 0.3) is 5.91 Å². The number of aryl methyl sites for hydroxylation is 2. The zero-order valence-corrected chi connectivity index (χ0v) is 15.0. The molecule has 2 aromatic rings. The molecule has 1 aliphatic rings. The molecule has 0 unspecified atom stereocenters. The molecule has 3 rings (SSSR count). The molecule has 0 radical (unpaired) electrons. The Kier molecular flexibility index (Phi) is 4.86. The van der Waals surface area contributed by atoms with Gasteiger partial charge in [0, 0.05) is 9.75 Å². The summed E-state index contributed by atoms with van der Waals surface area (Å²) >= 11 is 2.66. The number of fused-ring (bicyclic) bond motifs is 1. The van der Waals surface area contributed by atoms with E-state index in [1.54, 1.807) is 17.4 Å². The summed E-state index contributed by atoms with van der Waals surface area (Å²) < 4.78 is 22.6. The van der Waals surface area contributed by atoms with Crippen molar-refractivity contribution in [3.63, 3.8) is 0 Å². The van der Waals surface area contributed by atoms with Crippen LogP contribution in [0.3, 0.4) is 0 Å². The van der Waals surface area contributed by atoms with E-state index in [-0.39, 0.29) is 10.1 Å². The van der Waals surface area contributed by atoms with Gasteiger partial charge >= 0.3 is 0 Å². The van der Waals surface area contributed by atoms with Crippen molar-refractivity contribution in [1.82, 2.24) is 5.32 Å². The highest BCUT2D eigenvalue weighted by Crippen LogP contribution is 2.29. The van der Waals surface area contributed by atoms with Gasteiger partial charge in [0.05, 0.1) is 11.4 Å². The highest BCUT2D eigenvalue weighted by molar-refractivity contribution is 7.91. The number of amides is 1. The van der Waals surface area contributed by atoms with Crippen LogP contribution in [0, 0.1) is 0 Å². The van der Waals surface area contributed by atoms with E-state index >= 15 is 0 Å². The summed E-state index contributed by atoms with van der Waals surface area (Å²) in [5, 5.41) is 7.93. The number of hydrogen-bond acceptors (Lipinski definition) is 5. The fourth-order valence-corrected chi connectivity index (χ4v) is 5.53. The van der Waals surface area contributed by atoms with Crippen molar-refractivity contribution in [3.8, 4) is 0 Å². The second-order valence-corrected chi connectivity index (χ2v) is 9.66. The molecule has 0 aliphatic heterocycles. The first-order chi connectivity index (χ1) is 10.9. The standard InChI is InChI=1S/C15H18N2O3S3/c16-23(19,20)14-7-6-11(21-14)9-17-15(18)13-8-10-4-2-1-3-5-12(10)22-13/h6-8H,1-5,9H2,(H,17,18)(H2,16,19,20). The number of primary sulfonamides is 1. The van der Waals surface area contributed by atoms with Crippen molar-refractivity contribution in [2.75, 3.05) is 0 Å². The summed E-state index contributed by atoms with van der Waals surface area (Å²) in [6.45, 7) is 0.307. The smallest absolute Gasteiger partial charge is 0.261 e. The number of nitrogens with two attached hydrogens (primary N) is 1. The van der Waals surface area contributed by atoms with E-state index in [1.165, 1.54) is 35.8 Å². The number of carbonyl (C=O) groups is 1. The monoisotopic (exact) mass is 370 g/mol. The van der Waals surface area contributed by atoms with Crippen molar-refractivity contribution in [2.24, 2.45) is 5.14 Å². The molecule has 0 spiro atoms. The number of carbonyl (C=O) groups excluding carboxylic acids is 1. The first-order valence-corrected chi connectivity index (χ1v) is 10.6. The van der Waals surface area contributed by atoms with Crippen LogP contribution in [0.2, 0.25) is 0 Å². The fraction of sp³-hybridized carbons (Fsp3) is 0.400. The van der Waals surface area contributed by atoms with Crippen molar-refractivity contribution in [3.05, 3.63) is 38.4 Å². The lowest BCUT2D eigenvalue weighted by molar-refractivity contribution is 0.0955. The molecule has 0 saturated carbocycles. The van der Waals surface area contributed by atoms with Gasteiger partial charge in [-0.15, -0.1) is 22.7 Å². The summed E-state index contributed by atoms with van der Waals surface area (Å²) in [5.41, 5.74) is 1.31. The van der Waals surface area contributed by atoms with Crippen LogP contribution in [-0.4, -0.2) is 14.3 Å². The Morgan fingerprint density at radius 3 is 2.70 bits per heavy atom. The molecular weight excluding hydrogens is 352 g/mol. The van der Waals surface area contributed by atoms with E-state index < -0.39 is 10.0 Å². The third-order valence-corrected chi connectivity index (χ3v) is 7.57. The van der Waals surface area contributed by atoms with E-state index in [1.807, 2.05) is 6.07 Å². The molecule has 3 N–H and O–H groups in total. The lowest BCUT2D eigenvalue weighted by Gasteiger charge is -2.01. The molecule has 0 atom stereocenters. The number of thiophene rings is 2. The largest absolute Gasteiger partial charge is 0.346 e. The SMILES string of the molecule is NS(=O)(=O)c1ccc(CNC(=O)c2cc3c(s2)CCCCC3)s1. The minimum atomic E-state index is -3.67. The first-order valence-electron chi connectivity index (χ1n) is 7.45. The number of rotatable bonds is 4. The van der Waals surface area contributed by atoms with Crippen LogP contribution in [0.5, 0.6) is 0 Å². The van der Waals surface area contributed by atoms with Crippen LogP contribution < -0.4 is 10.5 Å². The Hall–Kier alpha value is -1.22. The van der Waals surface area contributed by atoms with Gasteiger partial charge in [0.1, 0.15) is 4.21 Å². The summed E-state index contributed by atoms with van der Waals surface area (Å²) in [5.74, 6) is -0.103. The van der Waals surface area contributed by atoms with Gasteiger partial charge in [-0.25, -0.2) is 13.6 Å². The fourth-order valence-electron chi connectivity index (χ4n) is 2.64. The highest BCUT2D eigenvalue weighted by atomic mass is 32.2. The molecule has 0 saturated heterocycles. The van der Waals surface area contributed by atoms with Gasteiger partial charge in [0.2, 0.25) is 10.0 Å². The van der Waals surface area contributed by atoms with Gasteiger partial charge < -0.3 is 5.32 Å². The Bertz CT molecular complexity index is 797. The van der Waals surface area contributed by atoms with Gasteiger partial charge in [-0.1, -0.05) is 6.42 Å². The van der Waals surface area contributed by atoms with Crippen LogP contribution in [0.4, 0.5) is 0 Å². The Morgan fingerprint density at radius 2 is 1.96 bits per heavy atom. The summed E-state index contributed by atoms with van der Waals surface area (Å²) in [6.07, 6.45) is 5.77. The molecule has 0 fully saturated rings. The molecule has 5 nitrogen and oxygen atoms in total. The molecule has 1 amide bonds. The molecular formula is C15H18N2O3S3. The zero-order chi connectivity index (χ0) is 16.4. The van der Waals surface area contributed by atoms with E-state index in [0.29, 0.717) is 6.54 Å². The molecule has 2 aromatic heterocycles. The predicted octanol–water partition coefficient (Wildman–Crippen LogP) is 2.66. The van der Waals surface area contributed by atoms with Crippen molar-refractivity contribution in [2.45, 2.75) is 42.9 Å². The average Bonchev–Trinajstić information content (AvgIpc) is 3.07. The first kappa shape index (κ1) is 16.6. The van der Waals surface area contributed by atoms with Crippen LogP contribution in [-0.2, 0) is 29.4 Å². The van der Waals surface area contributed by atoms with Crippen molar-refractivity contribution < 1.29 is 13.2 Å². The Balaban J connectivity index is 1.64. The molecule has 0 aromatic carbocycles. The van der Waals surface area contributed by atoms with Gasteiger partial charge in [-0.3, -0.25) is 4.79 Å². The van der Waals surface area contributed by atoms with E-state index in [0.717, 1.165) is 33.9 Å². The van der Waals surface area contributed by atoms with Crippen LogP contribution >= 0.6 is 22.7 Å². The van der Waals surface area contributed by atoms with Crippen LogP contribution in [0.1, 0.15) is 44.3 Å². The average molecular weight is 371 g/mol. The lowest BCUT2D eigenvalue weighted by atomic mass is 10.1. The molecule has 124 valence electrons. The highest BCUT2D eigenvalue weighted by Gasteiger charge is 2.17. The van der Waals surface area contributed by atoms with E-state index in [4.69, 9.17) is 5.14 Å². The van der Waals surface area contributed by atoms with E-state index in [9.17, 15) is 13.2 Å². The zero-order valence-electron chi connectivity index (χ0n) is 12.5. The molecule has 23 heavy (non-hydrogen) atoms. The quantitative estimate of drug-likeness (QED) is 0.811.